The lowest BCUT2D eigenvalue weighted by molar-refractivity contribution is -0.118. The van der Waals surface area contributed by atoms with Crippen molar-refractivity contribution < 1.29 is 14.4 Å². The number of urea groups is 2. The zero-order valence-electron chi connectivity index (χ0n) is 19.9. The average molecular weight is 465 g/mol. The van der Waals surface area contributed by atoms with Crippen LogP contribution in [0, 0.1) is 18.8 Å². The van der Waals surface area contributed by atoms with Crippen LogP contribution in [0.1, 0.15) is 37.9 Å². The molecule has 0 aliphatic carbocycles. The van der Waals surface area contributed by atoms with E-state index in [1.54, 1.807) is 0 Å². The van der Waals surface area contributed by atoms with Crippen LogP contribution in [-0.4, -0.2) is 47.5 Å². The third-order valence-electron chi connectivity index (χ3n) is 6.59. The number of amides is 5. The third kappa shape index (κ3) is 5.47. The standard InChI is InChI=1S/C25H32N6O3/c1-16(2)19-10-12-30(13-11-19)22-9-8-21(17(3)27-22)28-20-6-4-18(5-7-20)14-26-24(33)31-15-23(32)29-25(31)34/h4-9,16,19,28H,10-15H2,1-3H3,(H,26,33)(H,29,32,34). The van der Waals surface area contributed by atoms with Crippen molar-refractivity contribution in [2.75, 3.05) is 29.9 Å². The van der Waals surface area contributed by atoms with Gasteiger partial charge in [-0.05, 0) is 61.4 Å². The molecule has 2 fully saturated rings. The fourth-order valence-electron chi connectivity index (χ4n) is 4.39. The van der Waals surface area contributed by atoms with Gasteiger partial charge in [0.25, 0.3) is 0 Å². The number of pyridine rings is 1. The number of rotatable bonds is 6. The minimum Gasteiger partial charge on any atom is -0.357 e. The number of aryl methyl sites for hydroxylation is 1. The fourth-order valence-corrected chi connectivity index (χ4v) is 4.39. The van der Waals surface area contributed by atoms with Gasteiger partial charge in [0.15, 0.2) is 0 Å². The summed E-state index contributed by atoms with van der Waals surface area (Å²) in [4.78, 5) is 42.9. The van der Waals surface area contributed by atoms with Gasteiger partial charge in [0, 0.05) is 25.3 Å². The van der Waals surface area contributed by atoms with E-state index in [1.165, 1.54) is 12.8 Å². The molecule has 9 heteroatoms. The second-order valence-electron chi connectivity index (χ2n) is 9.29. The number of anilines is 3. The summed E-state index contributed by atoms with van der Waals surface area (Å²) in [5.41, 5.74) is 3.68. The number of hydrogen-bond donors (Lipinski definition) is 3. The molecule has 2 aliphatic heterocycles. The van der Waals surface area contributed by atoms with Gasteiger partial charge in [-0.25, -0.2) is 19.5 Å². The largest absolute Gasteiger partial charge is 0.357 e. The van der Waals surface area contributed by atoms with Gasteiger partial charge in [-0.15, -0.1) is 0 Å². The molecule has 4 rings (SSSR count). The summed E-state index contributed by atoms with van der Waals surface area (Å²) < 4.78 is 0. The van der Waals surface area contributed by atoms with E-state index in [-0.39, 0.29) is 13.1 Å². The highest BCUT2D eigenvalue weighted by molar-refractivity contribution is 6.09. The number of carbonyl (C=O) groups excluding carboxylic acids is 3. The first-order valence-corrected chi connectivity index (χ1v) is 11.8. The van der Waals surface area contributed by atoms with Crippen molar-refractivity contribution in [1.29, 1.82) is 0 Å². The first-order chi connectivity index (χ1) is 16.3. The van der Waals surface area contributed by atoms with E-state index < -0.39 is 18.0 Å². The summed E-state index contributed by atoms with van der Waals surface area (Å²) in [6, 6.07) is 10.5. The molecular weight excluding hydrogens is 432 g/mol. The molecule has 34 heavy (non-hydrogen) atoms. The predicted octanol–water partition coefficient (Wildman–Crippen LogP) is 3.77. The van der Waals surface area contributed by atoms with Crippen molar-refractivity contribution in [2.24, 2.45) is 11.8 Å². The van der Waals surface area contributed by atoms with Gasteiger partial charge in [0.05, 0.1) is 11.4 Å². The maximum Gasteiger partial charge on any atom is 0.332 e. The molecule has 0 spiro atoms. The molecule has 0 unspecified atom stereocenters. The molecular formula is C25H32N6O3. The second-order valence-corrected chi connectivity index (χ2v) is 9.29. The van der Waals surface area contributed by atoms with Crippen LogP contribution in [0.2, 0.25) is 0 Å². The number of piperidine rings is 1. The Morgan fingerprint density at radius 2 is 1.82 bits per heavy atom. The molecule has 180 valence electrons. The molecule has 0 saturated carbocycles. The van der Waals surface area contributed by atoms with Gasteiger partial charge in [-0.1, -0.05) is 26.0 Å². The van der Waals surface area contributed by atoms with Gasteiger partial charge in [0.1, 0.15) is 12.4 Å². The van der Waals surface area contributed by atoms with Crippen molar-refractivity contribution in [3.8, 4) is 0 Å². The van der Waals surface area contributed by atoms with E-state index in [4.69, 9.17) is 4.98 Å². The van der Waals surface area contributed by atoms with Crippen LogP contribution in [0.3, 0.4) is 0 Å². The quantitative estimate of drug-likeness (QED) is 0.562. The Hall–Kier alpha value is -3.62. The topological polar surface area (TPSA) is 107 Å². The lowest BCUT2D eigenvalue weighted by Gasteiger charge is -2.34. The number of hydrogen-bond acceptors (Lipinski definition) is 6. The zero-order chi connectivity index (χ0) is 24.2. The summed E-state index contributed by atoms with van der Waals surface area (Å²) in [6.45, 7) is 8.73. The molecule has 2 aromatic rings. The molecule has 3 N–H and O–H groups in total. The molecule has 2 saturated heterocycles. The molecule has 9 nitrogen and oxygen atoms in total. The van der Waals surface area contributed by atoms with E-state index in [0.29, 0.717) is 0 Å². The molecule has 1 aromatic carbocycles. The van der Waals surface area contributed by atoms with Crippen molar-refractivity contribution in [2.45, 2.75) is 40.2 Å². The number of carbonyl (C=O) groups is 3. The Balaban J connectivity index is 1.30. The van der Waals surface area contributed by atoms with Crippen molar-refractivity contribution in [1.82, 2.24) is 20.5 Å². The lowest BCUT2D eigenvalue weighted by atomic mass is 9.87. The first-order valence-electron chi connectivity index (χ1n) is 11.8. The number of imide groups is 2. The summed E-state index contributed by atoms with van der Waals surface area (Å²) in [5.74, 6) is 2.09. The second kappa shape index (κ2) is 10.1. The predicted molar refractivity (Wildman–Crippen MR) is 131 cm³/mol. The van der Waals surface area contributed by atoms with Gasteiger partial charge in [0.2, 0.25) is 5.91 Å². The van der Waals surface area contributed by atoms with E-state index in [2.05, 4.69) is 46.8 Å². The Kier molecular flexibility index (Phi) is 7.00. The van der Waals surface area contributed by atoms with Gasteiger partial charge in [-0.2, -0.15) is 0 Å². The number of nitrogens with one attached hydrogen (secondary N) is 3. The Morgan fingerprint density at radius 1 is 1.12 bits per heavy atom. The molecule has 2 aliphatic rings. The van der Waals surface area contributed by atoms with Crippen LogP contribution in [0.4, 0.5) is 26.8 Å². The van der Waals surface area contributed by atoms with E-state index >= 15 is 0 Å². The molecule has 0 radical (unpaired) electrons. The van der Waals surface area contributed by atoms with Gasteiger partial charge >= 0.3 is 12.1 Å². The maximum absolute atomic E-state index is 12.1. The van der Waals surface area contributed by atoms with E-state index in [0.717, 1.165) is 58.3 Å². The molecule has 0 atom stereocenters. The molecule has 1 aromatic heterocycles. The first kappa shape index (κ1) is 23.5. The van der Waals surface area contributed by atoms with Gasteiger partial charge < -0.3 is 15.5 Å². The smallest absolute Gasteiger partial charge is 0.332 e. The number of benzene rings is 1. The molecule has 0 bridgehead atoms. The van der Waals surface area contributed by atoms with Crippen LogP contribution in [-0.2, 0) is 11.3 Å². The normalized spacial score (nSPS) is 16.7. The fraction of sp³-hybridized carbons (Fsp3) is 0.440. The monoisotopic (exact) mass is 464 g/mol. The number of aromatic nitrogens is 1. The highest BCUT2D eigenvalue weighted by Gasteiger charge is 2.31. The van der Waals surface area contributed by atoms with Crippen molar-refractivity contribution in [3.05, 3.63) is 47.7 Å². The van der Waals surface area contributed by atoms with Crippen LogP contribution in [0.25, 0.3) is 0 Å². The average Bonchev–Trinajstić information content (AvgIpc) is 3.17. The Labute approximate surface area is 199 Å². The number of nitrogens with zero attached hydrogens (tertiary/aromatic N) is 3. The van der Waals surface area contributed by atoms with Crippen LogP contribution < -0.4 is 20.9 Å². The van der Waals surface area contributed by atoms with Crippen molar-refractivity contribution >= 4 is 35.2 Å². The summed E-state index contributed by atoms with van der Waals surface area (Å²) >= 11 is 0. The van der Waals surface area contributed by atoms with Gasteiger partial charge in [-0.3, -0.25) is 10.1 Å². The highest BCUT2D eigenvalue weighted by Crippen LogP contribution is 2.29. The molecule has 5 amide bonds. The Morgan fingerprint density at radius 3 is 2.41 bits per heavy atom. The van der Waals surface area contributed by atoms with E-state index in [1.807, 2.05) is 31.2 Å². The van der Waals surface area contributed by atoms with Crippen LogP contribution in [0.15, 0.2) is 36.4 Å². The van der Waals surface area contributed by atoms with E-state index in [9.17, 15) is 14.4 Å². The summed E-state index contributed by atoms with van der Waals surface area (Å²) in [5, 5.41) is 8.14. The minimum absolute atomic E-state index is 0.250. The lowest BCUT2D eigenvalue weighted by Crippen LogP contribution is -2.41. The Bertz CT molecular complexity index is 1060. The zero-order valence-corrected chi connectivity index (χ0v) is 19.9. The summed E-state index contributed by atoms with van der Waals surface area (Å²) in [7, 11) is 0. The summed E-state index contributed by atoms with van der Waals surface area (Å²) in [6.07, 6.45) is 2.43. The SMILES string of the molecule is Cc1nc(N2CCC(C(C)C)CC2)ccc1Nc1ccc(CNC(=O)N2CC(=O)NC2=O)cc1. The highest BCUT2D eigenvalue weighted by atomic mass is 16.2. The van der Waals surface area contributed by atoms with Crippen LogP contribution >= 0.6 is 0 Å². The van der Waals surface area contributed by atoms with Crippen molar-refractivity contribution in [3.63, 3.8) is 0 Å². The molecule has 3 heterocycles. The van der Waals surface area contributed by atoms with Crippen LogP contribution in [0.5, 0.6) is 0 Å². The minimum atomic E-state index is -0.697. The third-order valence-corrected chi connectivity index (χ3v) is 6.59. The maximum atomic E-state index is 12.1.